The lowest BCUT2D eigenvalue weighted by Crippen LogP contribution is -2.50. The van der Waals surface area contributed by atoms with Crippen LogP contribution in [0.4, 0.5) is 28.4 Å². The van der Waals surface area contributed by atoms with Crippen molar-refractivity contribution in [3.8, 4) is 23.0 Å². The van der Waals surface area contributed by atoms with Crippen molar-refractivity contribution in [3.63, 3.8) is 0 Å². The first-order valence-electron chi connectivity index (χ1n) is 23.9. The maximum atomic E-state index is 14.1. The number of hydrogen-bond donors (Lipinski definition) is 5. The second-order valence-corrected chi connectivity index (χ2v) is 18.3. The Morgan fingerprint density at radius 3 is 1.99 bits per heavy atom. The zero-order valence-electron chi connectivity index (χ0n) is 40.4. The summed E-state index contributed by atoms with van der Waals surface area (Å²) in [4.78, 5) is 86.8. The SMILES string of the molecule is COc1cc2c(cc1OCc1cc(COc3cc4c(cc3OC)C(=O)N3c5ccccc5C[C@H]3CN4)cc(NC(=O)[C@H](C)NC(=O)[C@H](C)NC(=O)CCCCC(N)=O)c1)N=C[C@@H]1Cc3ccccc3N1C2=O. The maximum Gasteiger partial charge on any atom is 0.261 e. The first-order chi connectivity index (χ1) is 34.8. The van der Waals surface area contributed by atoms with Gasteiger partial charge in [-0.1, -0.05) is 36.4 Å². The maximum absolute atomic E-state index is 14.1. The van der Waals surface area contributed by atoms with Crippen LogP contribution < -0.4 is 55.7 Å². The Morgan fingerprint density at radius 1 is 0.708 bits per heavy atom. The summed E-state index contributed by atoms with van der Waals surface area (Å²) in [6, 6.07) is 25.5. The fourth-order valence-electron chi connectivity index (χ4n) is 9.54. The van der Waals surface area contributed by atoms with Gasteiger partial charge in [-0.3, -0.25) is 38.7 Å². The first-order valence-corrected chi connectivity index (χ1v) is 23.9. The van der Waals surface area contributed by atoms with E-state index in [4.69, 9.17) is 29.7 Å². The minimum absolute atomic E-state index is 0.00620. The van der Waals surface area contributed by atoms with Gasteiger partial charge in [0.05, 0.1) is 48.8 Å². The average molecular weight is 977 g/mol. The summed E-state index contributed by atoms with van der Waals surface area (Å²) in [7, 11) is 3.00. The number of unbranched alkanes of at least 4 members (excludes halogenated alkanes) is 1. The number of methoxy groups -OCH3 is 2. The molecule has 0 aliphatic carbocycles. The van der Waals surface area contributed by atoms with Crippen molar-refractivity contribution >= 4 is 70.1 Å². The van der Waals surface area contributed by atoms with Crippen molar-refractivity contribution in [1.29, 1.82) is 0 Å². The molecule has 0 fully saturated rings. The lowest BCUT2D eigenvalue weighted by Gasteiger charge is -2.22. The summed E-state index contributed by atoms with van der Waals surface area (Å²) >= 11 is 0. The summed E-state index contributed by atoms with van der Waals surface area (Å²) in [5.41, 5.74) is 12.6. The van der Waals surface area contributed by atoms with E-state index >= 15 is 0 Å². The Balaban J connectivity index is 0.939. The van der Waals surface area contributed by atoms with Gasteiger partial charge in [0, 0.05) is 61.2 Å². The Bertz CT molecular complexity index is 3010. The topological polar surface area (TPSA) is 232 Å². The molecule has 0 spiro atoms. The fourth-order valence-corrected chi connectivity index (χ4v) is 9.54. The molecule has 5 aromatic carbocycles. The lowest BCUT2D eigenvalue weighted by molar-refractivity contribution is -0.130. The van der Waals surface area contributed by atoms with E-state index in [0.717, 1.165) is 28.9 Å². The van der Waals surface area contributed by atoms with Gasteiger partial charge < -0.3 is 50.8 Å². The second-order valence-electron chi connectivity index (χ2n) is 18.3. The standard InChI is InChI=1S/C54H56N8O10/c1-30(58-50(64)16-10-9-15-49(55)63)51(65)59-31(2)52(66)60-36-18-32(28-71-47-24-41-39(22-45(47)69-3)53(67)61-37(26-56-41)20-34-11-5-7-13-43(34)61)17-33(19-36)29-72-48-25-42-40(23-46(48)70-4)54(68)62-38(27-57-42)21-35-12-6-8-14-44(35)62/h5-8,11-14,17-19,22-26,30-31,37-38,57H,9-10,15-16,20-21,27-29H2,1-4H3,(H2,55,63)(H,58,64)(H,59,65)(H,60,66)/t30-,31-,37-,38-/m0/s1. The van der Waals surface area contributed by atoms with Crippen LogP contribution in [0.5, 0.6) is 23.0 Å². The zero-order valence-corrected chi connectivity index (χ0v) is 40.4. The molecule has 5 aromatic rings. The number of benzene rings is 5. The van der Waals surface area contributed by atoms with E-state index in [0.29, 0.717) is 88.1 Å². The quantitative estimate of drug-likeness (QED) is 0.0626. The molecule has 72 heavy (non-hydrogen) atoms. The Kier molecular flexibility index (Phi) is 14.1. The number of amides is 6. The molecule has 6 amide bonds. The second kappa shape index (κ2) is 20.9. The van der Waals surface area contributed by atoms with E-state index in [2.05, 4.69) is 21.3 Å². The number of carbonyl (C=O) groups excluding carboxylic acids is 6. The number of carbonyl (C=O) groups is 6. The number of fused-ring (bicyclic) bond motifs is 8. The van der Waals surface area contributed by atoms with Gasteiger partial charge >= 0.3 is 0 Å². The third-order valence-electron chi connectivity index (χ3n) is 13.2. The van der Waals surface area contributed by atoms with Crippen molar-refractivity contribution in [3.05, 3.63) is 124 Å². The molecule has 4 aliphatic rings. The van der Waals surface area contributed by atoms with Crippen LogP contribution in [-0.4, -0.2) is 86.6 Å². The van der Waals surface area contributed by atoms with E-state index in [1.54, 1.807) is 47.5 Å². The van der Waals surface area contributed by atoms with Crippen LogP contribution in [0, 0.1) is 0 Å². The number of primary amides is 1. The highest BCUT2D eigenvalue weighted by atomic mass is 16.5. The smallest absolute Gasteiger partial charge is 0.261 e. The van der Waals surface area contributed by atoms with Gasteiger partial charge in [0.15, 0.2) is 23.0 Å². The van der Waals surface area contributed by atoms with Crippen molar-refractivity contribution in [2.75, 3.05) is 41.2 Å². The van der Waals surface area contributed by atoms with Gasteiger partial charge in [-0.15, -0.1) is 0 Å². The van der Waals surface area contributed by atoms with Crippen molar-refractivity contribution in [2.45, 2.75) is 89.8 Å². The monoisotopic (exact) mass is 976 g/mol. The molecule has 0 aromatic heterocycles. The predicted octanol–water partition coefficient (Wildman–Crippen LogP) is 6.14. The number of ether oxygens (including phenoxy) is 4. The molecule has 6 N–H and O–H groups in total. The van der Waals surface area contributed by atoms with E-state index in [9.17, 15) is 28.8 Å². The van der Waals surface area contributed by atoms with Crippen LogP contribution in [0.15, 0.2) is 96.0 Å². The summed E-state index contributed by atoms with van der Waals surface area (Å²) in [6.45, 7) is 3.54. The highest BCUT2D eigenvalue weighted by Crippen LogP contribution is 2.43. The number of rotatable bonds is 18. The van der Waals surface area contributed by atoms with Gasteiger partial charge in [-0.25, -0.2) is 0 Å². The van der Waals surface area contributed by atoms with Crippen molar-refractivity contribution in [1.82, 2.24) is 10.6 Å². The first kappa shape index (κ1) is 48.6. The van der Waals surface area contributed by atoms with E-state index in [-0.39, 0.29) is 55.9 Å². The number of hydrogen-bond acceptors (Lipinski definition) is 12. The van der Waals surface area contributed by atoms with Gasteiger partial charge in [0.25, 0.3) is 11.8 Å². The molecule has 9 rings (SSSR count). The van der Waals surface area contributed by atoms with E-state index < -0.39 is 29.8 Å². The van der Waals surface area contributed by atoms with Crippen LogP contribution >= 0.6 is 0 Å². The van der Waals surface area contributed by atoms with Crippen molar-refractivity contribution < 1.29 is 47.7 Å². The number of nitrogens with two attached hydrogens (primary N) is 1. The molecule has 4 heterocycles. The summed E-state index contributed by atoms with van der Waals surface area (Å²) < 4.78 is 24.4. The van der Waals surface area contributed by atoms with Crippen LogP contribution in [-0.2, 0) is 45.2 Å². The molecule has 18 heteroatoms. The molecule has 0 unspecified atom stereocenters. The van der Waals surface area contributed by atoms with Gasteiger partial charge in [0.1, 0.15) is 25.3 Å². The van der Waals surface area contributed by atoms with Crippen LogP contribution in [0.25, 0.3) is 0 Å². The Hall–Kier alpha value is -8.41. The normalized spacial score (nSPS) is 16.7. The number of anilines is 4. The summed E-state index contributed by atoms with van der Waals surface area (Å²) in [5.74, 6) is -0.889. The van der Waals surface area contributed by atoms with Crippen molar-refractivity contribution in [2.24, 2.45) is 10.7 Å². The molecule has 4 atom stereocenters. The fraction of sp³-hybridized carbons (Fsp3) is 0.315. The number of aliphatic imine (C=N–C) groups is 1. The lowest BCUT2D eigenvalue weighted by atomic mass is 10.1. The van der Waals surface area contributed by atoms with Crippen LogP contribution in [0.2, 0.25) is 0 Å². The molecule has 372 valence electrons. The summed E-state index contributed by atoms with van der Waals surface area (Å²) in [5, 5.41) is 11.6. The molecule has 0 saturated heterocycles. The van der Waals surface area contributed by atoms with Gasteiger partial charge in [-0.05, 0) is 97.8 Å². The minimum atomic E-state index is -1.02. The summed E-state index contributed by atoms with van der Waals surface area (Å²) in [6.07, 6.45) is 4.32. The molecule has 0 bridgehead atoms. The predicted molar refractivity (Wildman–Crippen MR) is 271 cm³/mol. The third kappa shape index (κ3) is 10.2. The molecule has 0 radical (unpaired) electrons. The molecular formula is C54H56N8O10. The number of nitrogens with zero attached hydrogens (tertiary/aromatic N) is 3. The largest absolute Gasteiger partial charge is 0.493 e. The minimum Gasteiger partial charge on any atom is -0.493 e. The Labute approximate surface area is 416 Å². The Morgan fingerprint density at radius 2 is 1.31 bits per heavy atom. The highest BCUT2D eigenvalue weighted by Gasteiger charge is 2.39. The van der Waals surface area contributed by atoms with Gasteiger partial charge in [-0.2, -0.15) is 0 Å². The van der Waals surface area contributed by atoms with Gasteiger partial charge in [0.2, 0.25) is 23.6 Å². The molecule has 4 aliphatic heterocycles. The third-order valence-corrected chi connectivity index (χ3v) is 13.2. The molecule has 0 saturated carbocycles. The molecular weight excluding hydrogens is 921 g/mol. The van der Waals surface area contributed by atoms with E-state index in [1.165, 1.54) is 28.1 Å². The van der Waals surface area contributed by atoms with Crippen LogP contribution in [0.3, 0.4) is 0 Å². The highest BCUT2D eigenvalue weighted by molar-refractivity contribution is 6.15. The van der Waals surface area contributed by atoms with Crippen LogP contribution in [0.1, 0.15) is 82.5 Å². The zero-order chi connectivity index (χ0) is 50.6. The molecule has 18 nitrogen and oxygen atoms in total. The number of para-hydroxylation sites is 2. The number of nitrogens with one attached hydrogen (secondary N) is 4. The van der Waals surface area contributed by atoms with E-state index in [1.807, 2.05) is 59.5 Å². The average Bonchev–Trinajstić information content (AvgIpc) is 3.86.